The fourth-order valence-electron chi connectivity index (χ4n) is 6.88. The van der Waals surface area contributed by atoms with Gasteiger partial charge in [0.25, 0.3) is 0 Å². The zero-order chi connectivity index (χ0) is 45.1. The monoisotopic (exact) mass is 1010 g/mol. The van der Waals surface area contributed by atoms with Gasteiger partial charge in [-0.3, -0.25) is 34.1 Å². The van der Waals surface area contributed by atoms with Crippen molar-refractivity contribution in [2.24, 2.45) is 0 Å². The number of hydrogen-bond donors (Lipinski definition) is 6. The van der Waals surface area contributed by atoms with Crippen LogP contribution in [0.25, 0.3) is 0 Å². The third-order valence-electron chi connectivity index (χ3n) is 10.3. The van der Waals surface area contributed by atoms with Gasteiger partial charge in [-0.2, -0.15) is 0 Å². The van der Waals surface area contributed by atoms with E-state index in [-0.39, 0.29) is 137 Å². The van der Waals surface area contributed by atoms with E-state index in [0.717, 1.165) is 14.7 Å². The van der Waals surface area contributed by atoms with Gasteiger partial charge in [-0.1, -0.05) is 6.07 Å². The van der Waals surface area contributed by atoms with E-state index in [4.69, 9.17) is 10.2 Å². The average Bonchev–Trinajstić information content (AvgIpc) is 3.19. The smallest absolute Gasteiger partial charge is 0.548 e. The molecule has 23 heteroatoms. The molecule has 6 unspecified atom stereocenters. The molecular weight excluding hydrogens is 952 g/mol. The number of pyridine rings is 1. The van der Waals surface area contributed by atoms with Crippen molar-refractivity contribution in [2.45, 2.75) is 88.1 Å². The summed E-state index contributed by atoms with van der Waals surface area (Å²) in [4.78, 5) is 89.2. The second-order valence-electron chi connectivity index (χ2n) is 15.0. The fraction of sp³-hybridized carbons (Fsp3) is 0.711. The van der Waals surface area contributed by atoms with Crippen molar-refractivity contribution < 1.29 is 115 Å². The van der Waals surface area contributed by atoms with Gasteiger partial charge in [-0.25, -0.2) is 0 Å². The van der Waals surface area contributed by atoms with Crippen LogP contribution in [0.5, 0.6) is 0 Å². The van der Waals surface area contributed by atoms with Crippen molar-refractivity contribution in [1.82, 2.24) is 34.4 Å². The van der Waals surface area contributed by atoms with Gasteiger partial charge in [0.15, 0.2) is 0 Å². The topological polar surface area (TPSA) is 325 Å². The third kappa shape index (κ3) is 19.5. The second kappa shape index (κ2) is 28.6. The van der Waals surface area contributed by atoms with Crippen LogP contribution >= 0.6 is 0 Å². The van der Waals surface area contributed by atoms with E-state index < -0.39 is 91.9 Å². The van der Waals surface area contributed by atoms with Gasteiger partial charge < -0.3 is 75.0 Å². The maximum absolute atomic E-state index is 13.0. The summed E-state index contributed by atoms with van der Waals surface area (Å²) in [7, 11) is 4.12. The molecule has 1 aromatic heterocycles. The average molecular weight is 1010 g/mol. The fourth-order valence-corrected chi connectivity index (χ4v) is 6.88. The molecule has 1 aliphatic heterocycles. The van der Waals surface area contributed by atoms with Gasteiger partial charge in [0.1, 0.15) is 0 Å². The van der Waals surface area contributed by atoms with E-state index in [9.17, 15) is 64.5 Å². The van der Waals surface area contributed by atoms with Crippen molar-refractivity contribution >= 4 is 35.6 Å². The molecule has 6 atom stereocenters. The molecule has 0 fully saturated rings. The van der Waals surface area contributed by atoms with Crippen LogP contribution < -0.4 is 15.3 Å². The number of aliphatic hydroxyl groups excluding tert-OH is 6. The number of hydrogen-bond acceptors (Lipinski definition) is 19. The molecule has 0 aliphatic carbocycles. The van der Waals surface area contributed by atoms with Crippen LogP contribution in [-0.2, 0) is 41.9 Å². The molecule has 3 amide bonds. The van der Waals surface area contributed by atoms with Gasteiger partial charge in [0, 0.05) is 105 Å². The summed E-state index contributed by atoms with van der Waals surface area (Å²) >= 11 is 0. The molecule has 0 saturated carbocycles. The summed E-state index contributed by atoms with van der Waals surface area (Å²) in [6, 6.07) is 0.501. The molecule has 1 aromatic rings. The predicted octanol–water partition coefficient (Wildman–Crippen LogP) is -7.87. The second-order valence-corrected chi connectivity index (χ2v) is 15.0. The first-order valence-electron chi connectivity index (χ1n) is 19.7. The number of likely N-dealkylation sites (N-methyl/N-ethyl adjacent to an activating group) is 3. The van der Waals surface area contributed by atoms with E-state index >= 15 is 0 Å². The van der Waals surface area contributed by atoms with Crippen LogP contribution in [0.2, 0.25) is 0 Å². The zero-order valence-electron chi connectivity index (χ0n) is 34.8. The van der Waals surface area contributed by atoms with Crippen molar-refractivity contribution in [2.75, 3.05) is 86.8 Å². The number of carboxylic acid groups (broad SMARTS) is 3. The van der Waals surface area contributed by atoms with Crippen LogP contribution in [0.1, 0.15) is 49.9 Å². The Morgan fingerprint density at radius 3 is 1.13 bits per heavy atom. The van der Waals surface area contributed by atoms with Crippen LogP contribution in [0.3, 0.4) is 0 Å². The summed E-state index contributed by atoms with van der Waals surface area (Å²) in [5.41, 5.74) is 0.666. The van der Waals surface area contributed by atoms with Crippen molar-refractivity contribution in [1.29, 1.82) is 0 Å². The SMILES string of the molecule is CN(CC(O)CO)C(=O)CCC(C(=O)[O-])N1CCN(C(CCC(=O)N(C)CC(O)CO)C(=O)[O-])Cc2cccc(n2)CN(C(CCC(=O)N(C)CC(O)CO)C(=O)[O-])CC1.[Gd+3]. The van der Waals surface area contributed by atoms with Gasteiger partial charge in [-0.15, -0.1) is 0 Å². The molecule has 0 spiro atoms. The number of amides is 3. The molecule has 61 heavy (non-hydrogen) atoms. The maximum Gasteiger partial charge on any atom is 3.00 e. The number of aliphatic carboxylic acids is 3. The molecule has 0 saturated heterocycles. The Kier molecular flexibility index (Phi) is 26.2. The Hall–Kier alpha value is -3.07. The van der Waals surface area contributed by atoms with Crippen LogP contribution in [-0.4, -0.2) is 224 Å². The maximum atomic E-state index is 13.0. The molecule has 2 rings (SSSR count). The Labute approximate surface area is 387 Å². The Bertz CT molecular complexity index is 1480. The first-order valence-corrected chi connectivity index (χ1v) is 19.7. The summed E-state index contributed by atoms with van der Waals surface area (Å²) in [6.45, 7) is -3.45. The minimum Gasteiger partial charge on any atom is -0.548 e. The van der Waals surface area contributed by atoms with Crippen molar-refractivity contribution in [3.05, 3.63) is 29.6 Å². The molecule has 1 aliphatic rings. The van der Waals surface area contributed by atoms with E-state index in [0.29, 0.717) is 11.4 Å². The van der Waals surface area contributed by atoms with Crippen molar-refractivity contribution in [3.63, 3.8) is 0 Å². The predicted molar refractivity (Wildman–Crippen MR) is 203 cm³/mol. The standard InChI is InChI=1S/C38H63N7O15.Gd/c1-40(19-27(49)22-46)33(52)10-7-30(36(55)56)43-13-15-44(31(37(57)58)8-11-34(53)41(2)20-28(50)23-47)17-25-5-4-6-26(39-25)18-45(16-14-43)32(38(59)60)9-12-35(54)42(3)21-29(51)24-48;/h4-6,27-32,46-51H,7-24H2,1-3H3,(H,55,56)(H,57,58)(H,59,60);/q;+3/p-3. The Balaban J connectivity index is 0.0000186. The molecule has 2 heterocycles. The van der Waals surface area contributed by atoms with Crippen LogP contribution in [0, 0.1) is 39.9 Å². The molecule has 345 valence electrons. The third-order valence-corrected chi connectivity index (χ3v) is 10.3. The van der Waals surface area contributed by atoms with Crippen LogP contribution in [0.4, 0.5) is 0 Å². The van der Waals surface area contributed by atoms with Gasteiger partial charge in [0.2, 0.25) is 17.7 Å². The number of rotatable bonds is 24. The number of fused-ring (bicyclic) bond motifs is 2. The quantitative estimate of drug-likeness (QED) is 0.0560. The number of carbonyl (C=O) groups is 6. The number of carbonyl (C=O) groups excluding carboxylic acids is 6. The van der Waals surface area contributed by atoms with E-state index in [1.807, 2.05) is 0 Å². The number of aliphatic hydroxyl groups is 6. The number of carboxylic acids is 3. The Morgan fingerprint density at radius 1 is 0.574 bits per heavy atom. The largest absolute Gasteiger partial charge is 3.00 e. The summed E-state index contributed by atoms with van der Waals surface area (Å²) in [5, 5.41) is 95.0. The summed E-state index contributed by atoms with van der Waals surface area (Å²) < 4.78 is 0. The first-order chi connectivity index (χ1) is 28.3. The number of nitrogens with zero attached hydrogens (tertiary/aromatic N) is 7. The summed E-state index contributed by atoms with van der Waals surface area (Å²) in [6.07, 6.45) is -5.48. The zero-order valence-corrected chi connectivity index (χ0v) is 37.0. The van der Waals surface area contributed by atoms with Crippen LogP contribution in [0.15, 0.2) is 18.2 Å². The minimum absolute atomic E-state index is 0. The van der Waals surface area contributed by atoms with E-state index in [1.165, 1.54) is 35.8 Å². The molecule has 2 bridgehead atoms. The van der Waals surface area contributed by atoms with E-state index in [2.05, 4.69) is 4.98 Å². The number of aromatic nitrogens is 1. The molecule has 6 N–H and O–H groups in total. The molecule has 1 radical (unpaired) electrons. The normalized spacial score (nSPS) is 17.2. The summed E-state index contributed by atoms with van der Waals surface area (Å²) in [5.74, 6) is -6.29. The molecular formula is C38H60GdN7O15. The van der Waals surface area contributed by atoms with Crippen molar-refractivity contribution in [3.8, 4) is 0 Å². The molecule has 22 nitrogen and oxygen atoms in total. The minimum atomic E-state index is -1.59. The van der Waals surface area contributed by atoms with Gasteiger partial charge in [-0.05, 0) is 31.4 Å². The van der Waals surface area contributed by atoms with Gasteiger partial charge in [0.05, 0.1) is 79.5 Å². The molecule has 0 aromatic carbocycles. The van der Waals surface area contributed by atoms with E-state index in [1.54, 1.807) is 18.2 Å². The van der Waals surface area contributed by atoms with Gasteiger partial charge >= 0.3 is 39.9 Å². The first kappa shape index (κ1) is 56.0. The Morgan fingerprint density at radius 2 is 0.852 bits per heavy atom.